The molecular formula is C13H22N2O4. The van der Waals surface area contributed by atoms with Crippen LogP contribution < -0.4 is 5.32 Å². The Morgan fingerprint density at radius 2 is 2.11 bits per heavy atom. The molecule has 0 spiro atoms. The number of ether oxygens (including phenoxy) is 1. The highest BCUT2D eigenvalue weighted by Gasteiger charge is 2.46. The number of aliphatic carboxylic acids is 1. The Hall–Kier alpha value is -1.30. The second kappa shape index (κ2) is 5.36. The Kier molecular flexibility index (Phi) is 3.99. The number of carboxylic acid groups (broad SMARTS) is 1. The maximum atomic E-state index is 12.3. The van der Waals surface area contributed by atoms with E-state index in [0.717, 1.165) is 25.7 Å². The molecule has 108 valence electrons. The summed E-state index contributed by atoms with van der Waals surface area (Å²) >= 11 is 0. The minimum atomic E-state index is -1.08. The van der Waals surface area contributed by atoms with E-state index in [4.69, 9.17) is 4.74 Å². The molecule has 2 rings (SSSR count). The highest BCUT2D eigenvalue weighted by Crippen LogP contribution is 2.30. The third-order valence-electron chi connectivity index (χ3n) is 4.41. The minimum absolute atomic E-state index is 0.00357. The number of nitrogens with zero attached hydrogens (tertiary/aromatic N) is 1. The summed E-state index contributed by atoms with van der Waals surface area (Å²) in [4.78, 5) is 25.1. The number of rotatable bonds is 3. The van der Waals surface area contributed by atoms with E-state index in [1.807, 2.05) is 0 Å². The van der Waals surface area contributed by atoms with Gasteiger partial charge < -0.3 is 20.1 Å². The summed E-state index contributed by atoms with van der Waals surface area (Å²) in [6.45, 7) is 2.11. The highest BCUT2D eigenvalue weighted by molar-refractivity contribution is 5.86. The Balaban J connectivity index is 2.01. The number of carbonyl (C=O) groups is 2. The van der Waals surface area contributed by atoms with Gasteiger partial charge in [0, 0.05) is 13.7 Å². The molecular weight excluding hydrogens is 248 g/mol. The maximum Gasteiger partial charge on any atom is 0.329 e. The molecule has 2 N–H and O–H groups in total. The average Bonchev–Trinajstić information content (AvgIpc) is 2.96. The van der Waals surface area contributed by atoms with Crippen LogP contribution in [0.15, 0.2) is 0 Å². The molecule has 1 heterocycles. The lowest BCUT2D eigenvalue weighted by molar-refractivity contribution is -0.147. The van der Waals surface area contributed by atoms with Gasteiger partial charge in [0.1, 0.15) is 5.54 Å². The van der Waals surface area contributed by atoms with Gasteiger partial charge in [0.25, 0.3) is 0 Å². The van der Waals surface area contributed by atoms with Gasteiger partial charge in [-0.2, -0.15) is 0 Å². The van der Waals surface area contributed by atoms with Crippen LogP contribution in [0.25, 0.3) is 0 Å². The van der Waals surface area contributed by atoms with E-state index in [1.54, 1.807) is 14.0 Å². The van der Waals surface area contributed by atoms with Crippen LogP contribution in [0.4, 0.5) is 4.79 Å². The van der Waals surface area contributed by atoms with E-state index in [9.17, 15) is 14.7 Å². The largest absolute Gasteiger partial charge is 0.480 e. The van der Waals surface area contributed by atoms with Gasteiger partial charge in [-0.1, -0.05) is 0 Å². The van der Waals surface area contributed by atoms with E-state index in [2.05, 4.69) is 5.32 Å². The van der Waals surface area contributed by atoms with Gasteiger partial charge in [0.15, 0.2) is 0 Å². The van der Waals surface area contributed by atoms with Crippen molar-refractivity contribution in [1.29, 1.82) is 0 Å². The molecule has 1 saturated heterocycles. The fraction of sp³-hybridized carbons (Fsp3) is 0.846. The van der Waals surface area contributed by atoms with Crippen LogP contribution in [0.2, 0.25) is 0 Å². The second-order valence-electron chi connectivity index (χ2n) is 5.60. The average molecular weight is 270 g/mol. The second-order valence-corrected chi connectivity index (χ2v) is 5.60. The van der Waals surface area contributed by atoms with Crippen LogP contribution in [0, 0.1) is 0 Å². The smallest absolute Gasteiger partial charge is 0.329 e. The van der Waals surface area contributed by atoms with Crippen LogP contribution in [-0.2, 0) is 9.53 Å². The number of likely N-dealkylation sites (tertiary alicyclic amines) is 1. The molecule has 1 aliphatic carbocycles. The fourth-order valence-electron chi connectivity index (χ4n) is 3.12. The molecule has 2 fully saturated rings. The van der Waals surface area contributed by atoms with E-state index in [0.29, 0.717) is 13.0 Å². The zero-order chi connectivity index (χ0) is 14.0. The highest BCUT2D eigenvalue weighted by atomic mass is 16.5. The molecule has 6 nitrogen and oxygen atoms in total. The lowest BCUT2D eigenvalue weighted by Gasteiger charge is -2.33. The molecule has 0 bridgehead atoms. The Labute approximate surface area is 113 Å². The van der Waals surface area contributed by atoms with E-state index in [-0.39, 0.29) is 18.2 Å². The van der Waals surface area contributed by atoms with Gasteiger partial charge in [0.05, 0.1) is 12.1 Å². The van der Waals surface area contributed by atoms with Crippen molar-refractivity contribution in [2.75, 3.05) is 13.7 Å². The van der Waals surface area contributed by atoms with E-state index in [1.165, 1.54) is 4.90 Å². The summed E-state index contributed by atoms with van der Waals surface area (Å²) in [5, 5.41) is 12.2. The van der Waals surface area contributed by atoms with Crippen molar-refractivity contribution >= 4 is 12.0 Å². The number of methoxy groups -OCH3 is 1. The van der Waals surface area contributed by atoms with Crippen LogP contribution in [-0.4, -0.2) is 53.3 Å². The topological polar surface area (TPSA) is 78.9 Å². The maximum absolute atomic E-state index is 12.3. The van der Waals surface area contributed by atoms with E-state index < -0.39 is 11.5 Å². The van der Waals surface area contributed by atoms with Crippen LogP contribution in [0.1, 0.15) is 39.0 Å². The first-order valence-electron chi connectivity index (χ1n) is 6.83. The van der Waals surface area contributed by atoms with Crippen molar-refractivity contribution in [1.82, 2.24) is 10.2 Å². The third-order valence-corrected chi connectivity index (χ3v) is 4.41. The predicted octanol–water partition coefficient (Wildman–Crippen LogP) is 1.20. The zero-order valence-corrected chi connectivity index (χ0v) is 11.5. The summed E-state index contributed by atoms with van der Waals surface area (Å²) in [5.74, 6) is -0.935. The molecule has 0 aromatic carbocycles. The minimum Gasteiger partial charge on any atom is -0.480 e. The number of amides is 2. The molecule has 0 aromatic rings. The Bertz CT molecular complexity index is 374. The SMILES string of the molecule is COC1CCCC1NC(=O)N1CCCC1(C)C(=O)O. The summed E-state index contributed by atoms with van der Waals surface area (Å²) in [6.07, 6.45) is 4.14. The third kappa shape index (κ3) is 2.54. The molecule has 2 aliphatic rings. The summed E-state index contributed by atoms with van der Waals surface area (Å²) in [6, 6.07) is -0.285. The fourth-order valence-corrected chi connectivity index (χ4v) is 3.12. The molecule has 1 saturated carbocycles. The summed E-state index contributed by atoms with van der Waals surface area (Å²) in [7, 11) is 1.65. The molecule has 3 atom stereocenters. The normalized spacial score (nSPS) is 34.5. The number of carbonyl (C=O) groups excluding carboxylic acids is 1. The van der Waals surface area contributed by atoms with Crippen molar-refractivity contribution in [3.63, 3.8) is 0 Å². The lowest BCUT2D eigenvalue weighted by atomic mass is 10.00. The Morgan fingerprint density at radius 1 is 1.37 bits per heavy atom. The van der Waals surface area contributed by atoms with Crippen molar-refractivity contribution in [2.45, 2.75) is 56.7 Å². The van der Waals surface area contributed by atoms with Crippen molar-refractivity contribution in [3.05, 3.63) is 0 Å². The number of hydrogen-bond acceptors (Lipinski definition) is 3. The summed E-state index contributed by atoms with van der Waals surface area (Å²) < 4.78 is 5.34. The van der Waals surface area contributed by atoms with Crippen LogP contribution in [0.3, 0.4) is 0 Å². The number of nitrogens with one attached hydrogen (secondary N) is 1. The standard InChI is InChI=1S/C13H22N2O4/c1-13(11(16)17)7-4-8-15(13)12(18)14-9-5-3-6-10(9)19-2/h9-10H,3-8H2,1-2H3,(H,14,18)(H,16,17). The number of urea groups is 1. The van der Waals surface area contributed by atoms with Gasteiger partial charge in [0.2, 0.25) is 0 Å². The van der Waals surface area contributed by atoms with Gasteiger partial charge in [-0.3, -0.25) is 0 Å². The van der Waals surface area contributed by atoms with Crippen LogP contribution >= 0.6 is 0 Å². The van der Waals surface area contributed by atoms with Crippen molar-refractivity contribution < 1.29 is 19.4 Å². The zero-order valence-electron chi connectivity index (χ0n) is 11.5. The first-order chi connectivity index (χ1) is 8.99. The number of hydrogen-bond donors (Lipinski definition) is 2. The molecule has 0 aromatic heterocycles. The molecule has 1 aliphatic heterocycles. The Morgan fingerprint density at radius 3 is 2.74 bits per heavy atom. The van der Waals surface area contributed by atoms with Gasteiger partial charge in [-0.25, -0.2) is 9.59 Å². The lowest BCUT2D eigenvalue weighted by Crippen LogP contribution is -2.56. The van der Waals surface area contributed by atoms with Gasteiger partial charge in [-0.15, -0.1) is 0 Å². The van der Waals surface area contributed by atoms with Crippen LogP contribution in [0.5, 0.6) is 0 Å². The molecule has 0 radical (unpaired) electrons. The van der Waals surface area contributed by atoms with Gasteiger partial charge in [-0.05, 0) is 39.0 Å². The number of carboxylic acids is 1. The first kappa shape index (κ1) is 14.1. The van der Waals surface area contributed by atoms with Crippen molar-refractivity contribution in [2.24, 2.45) is 0 Å². The molecule has 6 heteroatoms. The monoisotopic (exact) mass is 270 g/mol. The van der Waals surface area contributed by atoms with E-state index >= 15 is 0 Å². The quantitative estimate of drug-likeness (QED) is 0.807. The van der Waals surface area contributed by atoms with Crippen molar-refractivity contribution in [3.8, 4) is 0 Å². The predicted molar refractivity (Wildman–Crippen MR) is 68.9 cm³/mol. The first-order valence-corrected chi connectivity index (χ1v) is 6.83. The molecule has 2 amide bonds. The molecule has 19 heavy (non-hydrogen) atoms. The van der Waals surface area contributed by atoms with Gasteiger partial charge >= 0.3 is 12.0 Å². The molecule has 3 unspecified atom stereocenters. The summed E-state index contributed by atoms with van der Waals surface area (Å²) in [5.41, 5.74) is -1.08.